The number of anilines is 2. The molecular formula is C23H27FN6OS. The SMILES string of the molecule is Cc1cccc(NC(=O)NCCN2CCN(c3nc(Cc4ccc(F)cc4)ns3)CC2)c1. The highest BCUT2D eigenvalue weighted by atomic mass is 32.1. The molecule has 1 aliphatic heterocycles. The monoisotopic (exact) mass is 454 g/mol. The van der Waals surface area contributed by atoms with Gasteiger partial charge in [-0.15, -0.1) is 0 Å². The van der Waals surface area contributed by atoms with Crippen LogP contribution in [0, 0.1) is 12.7 Å². The molecule has 0 unspecified atom stereocenters. The van der Waals surface area contributed by atoms with E-state index in [-0.39, 0.29) is 11.8 Å². The number of piperazine rings is 1. The summed E-state index contributed by atoms with van der Waals surface area (Å²) < 4.78 is 17.5. The van der Waals surface area contributed by atoms with Gasteiger partial charge in [-0.1, -0.05) is 24.3 Å². The zero-order valence-electron chi connectivity index (χ0n) is 18.1. The Kier molecular flexibility index (Phi) is 7.28. The van der Waals surface area contributed by atoms with E-state index in [2.05, 4.69) is 29.8 Å². The van der Waals surface area contributed by atoms with Gasteiger partial charge in [-0.3, -0.25) is 4.90 Å². The summed E-state index contributed by atoms with van der Waals surface area (Å²) in [6.45, 7) is 6.97. The highest BCUT2D eigenvalue weighted by Crippen LogP contribution is 2.20. The molecule has 2 N–H and O–H groups in total. The largest absolute Gasteiger partial charge is 0.344 e. The summed E-state index contributed by atoms with van der Waals surface area (Å²) in [6.07, 6.45) is 0.604. The van der Waals surface area contributed by atoms with Crippen LogP contribution < -0.4 is 15.5 Å². The molecular weight excluding hydrogens is 427 g/mol. The minimum absolute atomic E-state index is 0.184. The van der Waals surface area contributed by atoms with Crippen LogP contribution in [0.1, 0.15) is 17.0 Å². The van der Waals surface area contributed by atoms with Crippen molar-refractivity contribution in [2.75, 3.05) is 49.5 Å². The summed E-state index contributed by atoms with van der Waals surface area (Å²) in [6, 6.07) is 14.0. The fraction of sp³-hybridized carbons (Fsp3) is 0.348. The smallest absolute Gasteiger partial charge is 0.319 e. The van der Waals surface area contributed by atoms with E-state index in [1.807, 2.05) is 31.2 Å². The molecule has 0 aliphatic carbocycles. The van der Waals surface area contributed by atoms with E-state index in [0.717, 1.165) is 60.5 Å². The first-order chi connectivity index (χ1) is 15.5. The number of urea groups is 1. The zero-order chi connectivity index (χ0) is 22.3. The minimum atomic E-state index is -0.236. The van der Waals surface area contributed by atoms with Gasteiger partial charge in [0.2, 0.25) is 5.13 Å². The molecule has 0 bridgehead atoms. The van der Waals surface area contributed by atoms with E-state index in [0.29, 0.717) is 13.0 Å². The van der Waals surface area contributed by atoms with Crippen LogP contribution in [0.3, 0.4) is 0 Å². The topological polar surface area (TPSA) is 73.4 Å². The van der Waals surface area contributed by atoms with Crippen molar-refractivity contribution in [3.8, 4) is 0 Å². The summed E-state index contributed by atoms with van der Waals surface area (Å²) in [4.78, 5) is 21.3. The maximum absolute atomic E-state index is 13.1. The van der Waals surface area contributed by atoms with Crippen LogP contribution in [0.2, 0.25) is 0 Å². The molecule has 168 valence electrons. The number of hydrogen-bond donors (Lipinski definition) is 2. The van der Waals surface area contributed by atoms with E-state index in [4.69, 9.17) is 0 Å². The van der Waals surface area contributed by atoms with Crippen LogP contribution in [0.4, 0.5) is 20.0 Å². The molecule has 4 rings (SSSR count). The standard InChI is InChI=1S/C23H27FN6OS/c1-17-3-2-4-20(15-17)26-22(31)25-9-10-29-11-13-30(14-12-29)23-27-21(28-32-23)16-18-5-7-19(24)8-6-18/h2-8,15H,9-14,16H2,1H3,(H2,25,26,31). The molecule has 2 heterocycles. The fourth-order valence-corrected chi connectivity index (χ4v) is 4.35. The number of hydrogen-bond acceptors (Lipinski definition) is 6. The third kappa shape index (κ3) is 6.24. The van der Waals surface area contributed by atoms with Crippen LogP contribution >= 0.6 is 11.5 Å². The number of carbonyl (C=O) groups excluding carboxylic acids is 1. The maximum Gasteiger partial charge on any atom is 0.319 e. The Bertz CT molecular complexity index is 1030. The Morgan fingerprint density at radius 3 is 2.66 bits per heavy atom. The molecule has 0 saturated carbocycles. The van der Waals surface area contributed by atoms with Gasteiger partial charge >= 0.3 is 6.03 Å². The van der Waals surface area contributed by atoms with Gasteiger partial charge in [-0.25, -0.2) is 14.2 Å². The number of nitrogens with one attached hydrogen (secondary N) is 2. The lowest BCUT2D eigenvalue weighted by molar-refractivity contribution is 0.240. The van der Waals surface area contributed by atoms with Gasteiger partial charge in [0.1, 0.15) is 11.6 Å². The van der Waals surface area contributed by atoms with E-state index in [9.17, 15) is 9.18 Å². The lowest BCUT2D eigenvalue weighted by Gasteiger charge is -2.34. The lowest BCUT2D eigenvalue weighted by Crippen LogP contribution is -2.48. The molecule has 1 aliphatic rings. The first kappa shape index (κ1) is 22.2. The molecule has 0 spiro atoms. The first-order valence-corrected chi connectivity index (χ1v) is 11.5. The minimum Gasteiger partial charge on any atom is -0.344 e. The number of carbonyl (C=O) groups is 1. The highest BCUT2D eigenvalue weighted by molar-refractivity contribution is 7.09. The van der Waals surface area contributed by atoms with Gasteiger partial charge in [0.05, 0.1) is 0 Å². The first-order valence-electron chi connectivity index (χ1n) is 10.7. The molecule has 1 aromatic heterocycles. The number of rotatable bonds is 7. The highest BCUT2D eigenvalue weighted by Gasteiger charge is 2.20. The Balaban J connectivity index is 1.17. The molecule has 9 heteroatoms. The lowest BCUT2D eigenvalue weighted by atomic mass is 10.1. The number of nitrogens with zero attached hydrogens (tertiary/aromatic N) is 4. The summed E-state index contributed by atoms with van der Waals surface area (Å²) in [5, 5.41) is 6.71. The normalized spacial score (nSPS) is 14.4. The summed E-state index contributed by atoms with van der Waals surface area (Å²) in [5.41, 5.74) is 2.91. The average Bonchev–Trinajstić information content (AvgIpc) is 3.24. The molecule has 2 amide bonds. The van der Waals surface area contributed by atoms with Gasteiger partial charge in [0.15, 0.2) is 0 Å². The number of halogens is 1. The number of aromatic nitrogens is 2. The molecule has 3 aromatic rings. The quantitative estimate of drug-likeness (QED) is 0.572. The average molecular weight is 455 g/mol. The predicted molar refractivity (Wildman–Crippen MR) is 126 cm³/mol. The predicted octanol–water partition coefficient (Wildman–Crippen LogP) is 3.52. The second-order valence-corrected chi connectivity index (χ2v) is 8.61. The van der Waals surface area contributed by atoms with E-state index in [1.165, 1.54) is 23.7 Å². The Hall–Kier alpha value is -3.04. The Morgan fingerprint density at radius 1 is 1.12 bits per heavy atom. The van der Waals surface area contributed by atoms with Crippen molar-refractivity contribution in [3.05, 3.63) is 71.3 Å². The maximum atomic E-state index is 13.1. The second kappa shape index (κ2) is 10.5. The molecule has 0 atom stereocenters. The van der Waals surface area contributed by atoms with Crippen molar-refractivity contribution in [2.24, 2.45) is 0 Å². The van der Waals surface area contributed by atoms with Gasteiger partial charge in [-0.05, 0) is 42.3 Å². The van der Waals surface area contributed by atoms with Crippen molar-refractivity contribution in [1.82, 2.24) is 19.6 Å². The molecule has 2 aromatic carbocycles. The van der Waals surface area contributed by atoms with Crippen LogP contribution in [-0.2, 0) is 6.42 Å². The van der Waals surface area contributed by atoms with E-state index < -0.39 is 0 Å². The molecule has 0 radical (unpaired) electrons. The third-order valence-corrected chi connectivity index (χ3v) is 6.18. The van der Waals surface area contributed by atoms with Crippen LogP contribution in [0.25, 0.3) is 0 Å². The molecule has 1 fully saturated rings. The van der Waals surface area contributed by atoms with Crippen LogP contribution in [0.15, 0.2) is 48.5 Å². The van der Waals surface area contributed by atoms with Gasteiger partial charge in [0.25, 0.3) is 0 Å². The Morgan fingerprint density at radius 2 is 1.91 bits per heavy atom. The number of benzene rings is 2. The second-order valence-electron chi connectivity index (χ2n) is 7.88. The molecule has 1 saturated heterocycles. The van der Waals surface area contributed by atoms with Crippen molar-refractivity contribution in [3.63, 3.8) is 0 Å². The van der Waals surface area contributed by atoms with Gasteiger partial charge < -0.3 is 15.5 Å². The molecule has 32 heavy (non-hydrogen) atoms. The van der Waals surface area contributed by atoms with E-state index >= 15 is 0 Å². The van der Waals surface area contributed by atoms with Crippen LogP contribution in [-0.4, -0.2) is 59.6 Å². The summed E-state index contributed by atoms with van der Waals surface area (Å²) in [7, 11) is 0. The van der Waals surface area contributed by atoms with Crippen molar-refractivity contribution < 1.29 is 9.18 Å². The van der Waals surface area contributed by atoms with Crippen molar-refractivity contribution in [1.29, 1.82) is 0 Å². The summed E-state index contributed by atoms with van der Waals surface area (Å²) in [5.74, 6) is 0.531. The Labute approximate surface area is 191 Å². The number of amides is 2. The third-order valence-electron chi connectivity index (χ3n) is 5.37. The van der Waals surface area contributed by atoms with E-state index in [1.54, 1.807) is 12.1 Å². The van der Waals surface area contributed by atoms with Gasteiger partial charge in [0, 0.05) is 62.9 Å². The zero-order valence-corrected chi connectivity index (χ0v) is 18.9. The van der Waals surface area contributed by atoms with Crippen molar-refractivity contribution >= 4 is 28.4 Å². The van der Waals surface area contributed by atoms with Crippen LogP contribution in [0.5, 0.6) is 0 Å². The summed E-state index contributed by atoms with van der Waals surface area (Å²) >= 11 is 1.41. The van der Waals surface area contributed by atoms with Gasteiger partial charge in [-0.2, -0.15) is 4.37 Å². The number of aryl methyl sites for hydroxylation is 1. The fourth-order valence-electron chi connectivity index (χ4n) is 3.62. The molecule has 7 nitrogen and oxygen atoms in total. The van der Waals surface area contributed by atoms with Crippen molar-refractivity contribution in [2.45, 2.75) is 13.3 Å².